The lowest BCUT2D eigenvalue weighted by molar-refractivity contribution is 0.312. The number of likely N-dealkylation sites (tertiary alicyclic amines) is 1. The number of halogens is 1. The molecule has 2 N–H and O–H groups in total. The monoisotopic (exact) mass is 296 g/mol. The second-order valence-corrected chi connectivity index (χ2v) is 6.45. The smallest absolute Gasteiger partial charge is 0.138 e. The summed E-state index contributed by atoms with van der Waals surface area (Å²) in [4.78, 5) is 2.35. The van der Waals surface area contributed by atoms with Crippen molar-refractivity contribution in [2.75, 3.05) is 27.2 Å². The Balaban J connectivity index is 2.42. The SMILES string of the molecule is COc1cc(C(C)C)cc(C2CC(CN)CN2C)c1Cl. The lowest BCUT2D eigenvalue weighted by Gasteiger charge is -2.23. The highest BCUT2D eigenvalue weighted by Gasteiger charge is 2.32. The van der Waals surface area contributed by atoms with Gasteiger partial charge in [-0.2, -0.15) is 0 Å². The second-order valence-electron chi connectivity index (χ2n) is 6.07. The van der Waals surface area contributed by atoms with E-state index in [2.05, 4.69) is 31.9 Å². The minimum atomic E-state index is 0.337. The maximum atomic E-state index is 6.54. The van der Waals surface area contributed by atoms with Crippen LogP contribution in [0.3, 0.4) is 0 Å². The number of benzene rings is 1. The van der Waals surface area contributed by atoms with Crippen molar-refractivity contribution < 1.29 is 4.74 Å². The van der Waals surface area contributed by atoms with E-state index >= 15 is 0 Å². The van der Waals surface area contributed by atoms with Gasteiger partial charge in [-0.05, 0) is 49.0 Å². The quantitative estimate of drug-likeness (QED) is 0.925. The van der Waals surface area contributed by atoms with Crippen molar-refractivity contribution in [1.29, 1.82) is 0 Å². The fourth-order valence-corrected chi connectivity index (χ4v) is 3.32. The summed E-state index contributed by atoms with van der Waals surface area (Å²) in [6.07, 6.45) is 1.07. The molecule has 1 aliphatic heterocycles. The first-order valence-electron chi connectivity index (χ1n) is 7.25. The first-order chi connectivity index (χ1) is 9.47. The van der Waals surface area contributed by atoms with E-state index in [-0.39, 0.29) is 0 Å². The van der Waals surface area contributed by atoms with Crippen LogP contribution in [0.1, 0.15) is 43.4 Å². The molecule has 1 aromatic carbocycles. The molecule has 2 unspecified atom stereocenters. The molecular formula is C16H25ClN2O. The van der Waals surface area contributed by atoms with Gasteiger partial charge in [0.05, 0.1) is 12.1 Å². The normalized spacial score (nSPS) is 23.6. The van der Waals surface area contributed by atoms with Crippen LogP contribution in [0.25, 0.3) is 0 Å². The zero-order chi connectivity index (χ0) is 14.9. The molecule has 112 valence electrons. The first-order valence-corrected chi connectivity index (χ1v) is 7.63. The number of hydrogen-bond acceptors (Lipinski definition) is 3. The Hall–Kier alpha value is -0.770. The molecule has 1 fully saturated rings. The fourth-order valence-electron chi connectivity index (χ4n) is 3.01. The zero-order valence-electron chi connectivity index (χ0n) is 12.8. The van der Waals surface area contributed by atoms with Crippen molar-refractivity contribution in [3.8, 4) is 5.75 Å². The molecule has 0 saturated carbocycles. The first kappa shape index (κ1) is 15.6. The number of rotatable bonds is 4. The lowest BCUT2D eigenvalue weighted by Crippen LogP contribution is -2.21. The van der Waals surface area contributed by atoms with E-state index in [1.807, 2.05) is 6.07 Å². The highest BCUT2D eigenvalue weighted by atomic mass is 35.5. The van der Waals surface area contributed by atoms with Crippen LogP contribution >= 0.6 is 11.6 Å². The summed E-state index contributed by atoms with van der Waals surface area (Å²) in [5.41, 5.74) is 8.27. The molecular weight excluding hydrogens is 272 g/mol. The molecule has 0 radical (unpaired) electrons. The van der Waals surface area contributed by atoms with E-state index in [1.54, 1.807) is 7.11 Å². The molecule has 1 aliphatic rings. The molecule has 1 aromatic rings. The fraction of sp³-hybridized carbons (Fsp3) is 0.625. The molecule has 0 aromatic heterocycles. The molecule has 20 heavy (non-hydrogen) atoms. The van der Waals surface area contributed by atoms with E-state index in [9.17, 15) is 0 Å². The lowest BCUT2D eigenvalue weighted by atomic mass is 9.94. The average molecular weight is 297 g/mol. The highest BCUT2D eigenvalue weighted by molar-refractivity contribution is 6.33. The van der Waals surface area contributed by atoms with Crippen molar-refractivity contribution >= 4 is 11.6 Å². The van der Waals surface area contributed by atoms with Gasteiger partial charge >= 0.3 is 0 Å². The summed E-state index contributed by atoms with van der Waals surface area (Å²) in [5.74, 6) is 1.78. The van der Waals surface area contributed by atoms with Gasteiger partial charge < -0.3 is 10.5 Å². The number of hydrogen-bond donors (Lipinski definition) is 1. The van der Waals surface area contributed by atoms with Crippen molar-refractivity contribution in [1.82, 2.24) is 4.90 Å². The molecule has 0 spiro atoms. The van der Waals surface area contributed by atoms with Crippen molar-refractivity contribution in [2.24, 2.45) is 11.7 Å². The number of methoxy groups -OCH3 is 1. The van der Waals surface area contributed by atoms with Gasteiger partial charge in [-0.15, -0.1) is 0 Å². The second kappa shape index (κ2) is 6.33. The maximum Gasteiger partial charge on any atom is 0.138 e. The van der Waals surface area contributed by atoms with Gasteiger partial charge in [-0.3, -0.25) is 4.90 Å². The number of nitrogens with zero attached hydrogens (tertiary/aromatic N) is 1. The van der Waals surface area contributed by atoms with E-state index in [0.29, 0.717) is 17.9 Å². The maximum absolute atomic E-state index is 6.54. The molecule has 1 saturated heterocycles. The van der Waals surface area contributed by atoms with Gasteiger partial charge in [0.15, 0.2) is 0 Å². The van der Waals surface area contributed by atoms with E-state index in [0.717, 1.165) is 30.3 Å². The summed E-state index contributed by atoms with van der Waals surface area (Å²) in [7, 11) is 3.82. The van der Waals surface area contributed by atoms with Gasteiger partial charge in [-0.25, -0.2) is 0 Å². The Bertz CT molecular complexity index is 476. The summed E-state index contributed by atoms with van der Waals surface area (Å²) in [5, 5.41) is 0.742. The third-order valence-corrected chi connectivity index (χ3v) is 4.71. The Morgan fingerprint density at radius 2 is 2.15 bits per heavy atom. The number of ether oxygens (including phenoxy) is 1. The van der Waals surface area contributed by atoms with Crippen molar-refractivity contribution in [2.45, 2.75) is 32.2 Å². The van der Waals surface area contributed by atoms with Crippen molar-refractivity contribution in [3.05, 3.63) is 28.3 Å². The van der Waals surface area contributed by atoms with Crippen LogP contribution < -0.4 is 10.5 Å². The predicted octanol–water partition coefficient (Wildman–Crippen LogP) is 3.42. The van der Waals surface area contributed by atoms with E-state index in [4.69, 9.17) is 22.1 Å². The molecule has 4 heteroatoms. The van der Waals surface area contributed by atoms with Crippen LogP contribution in [0.4, 0.5) is 0 Å². The molecule has 2 atom stereocenters. The molecule has 2 rings (SSSR count). The van der Waals surface area contributed by atoms with Gasteiger partial charge in [0, 0.05) is 12.6 Å². The molecule has 3 nitrogen and oxygen atoms in total. The average Bonchev–Trinajstić information content (AvgIpc) is 2.80. The Labute approximate surface area is 127 Å². The van der Waals surface area contributed by atoms with Gasteiger partial charge in [0.2, 0.25) is 0 Å². The van der Waals surface area contributed by atoms with E-state index in [1.165, 1.54) is 11.1 Å². The van der Waals surface area contributed by atoms with Crippen LogP contribution in [0.2, 0.25) is 5.02 Å². The molecule has 0 aliphatic carbocycles. The molecule has 0 amide bonds. The Morgan fingerprint density at radius 1 is 1.45 bits per heavy atom. The third kappa shape index (κ3) is 2.95. The Morgan fingerprint density at radius 3 is 2.65 bits per heavy atom. The van der Waals surface area contributed by atoms with Crippen LogP contribution in [-0.2, 0) is 0 Å². The standard InChI is InChI=1S/C16H25ClN2O/c1-10(2)12-6-13(16(17)15(7-12)20-4)14-5-11(8-18)9-19(14)3/h6-7,10-11,14H,5,8-9,18H2,1-4H3. The van der Waals surface area contributed by atoms with Crippen LogP contribution in [0.5, 0.6) is 5.75 Å². The van der Waals surface area contributed by atoms with Crippen molar-refractivity contribution in [3.63, 3.8) is 0 Å². The van der Waals surface area contributed by atoms with Crippen LogP contribution in [-0.4, -0.2) is 32.1 Å². The molecule has 1 heterocycles. The molecule has 0 bridgehead atoms. The van der Waals surface area contributed by atoms with Gasteiger partial charge in [0.1, 0.15) is 5.75 Å². The predicted molar refractivity (Wildman–Crippen MR) is 84.6 cm³/mol. The van der Waals surface area contributed by atoms with Crippen LogP contribution in [0.15, 0.2) is 12.1 Å². The summed E-state index contributed by atoms with van der Waals surface area (Å²) in [6.45, 7) is 6.15. The highest BCUT2D eigenvalue weighted by Crippen LogP contribution is 2.42. The minimum absolute atomic E-state index is 0.337. The third-order valence-electron chi connectivity index (χ3n) is 4.30. The number of nitrogens with two attached hydrogens (primary N) is 1. The van der Waals surface area contributed by atoms with Crippen LogP contribution in [0, 0.1) is 5.92 Å². The topological polar surface area (TPSA) is 38.5 Å². The van der Waals surface area contributed by atoms with Gasteiger partial charge in [-0.1, -0.05) is 31.5 Å². The Kier molecular flexibility index (Phi) is 4.95. The zero-order valence-corrected chi connectivity index (χ0v) is 13.6. The van der Waals surface area contributed by atoms with Gasteiger partial charge in [0.25, 0.3) is 0 Å². The van der Waals surface area contributed by atoms with E-state index < -0.39 is 0 Å². The largest absolute Gasteiger partial charge is 0.495 e. The summed E-state index contributed by atoms with van der Waals surface area (Å²) in [6, 6.07) is 4.62. The summed E-state index contributed by atoms with van der Waals surface area (Å²) >= 11 is 6.54. The minimum Gasteiger partial charge on any atom is -0.495 e. The summed E-state index contributed by atoms with van der Waals surface area (Å²) < 4.78 is 5.45.